The molecule has 4 amide bonds. The predicted octanol–water partition coefficient (Wildman–Crippen LogP) is 1.86. The van der Waals surface area contributed by atoms with Gasteiger partial charge in [0.05, 0.1) is 17.9 Å². The minimum Gasteiger partial charge on any atom is -0.325 e. The third-order valence-corrected chi connectivity index (χ3v) is 3.97. The minimum absolute atomic E-state index is 0.0936. The number of benzene rings is 2. The number of carbonyl (C=O) groups excluding carboxylic acids is 4. The fourth-order valence-electron chi connectivity index (χ4n) is 2.48. The van der Waals surface area contributed by atoms with Gasteiger partial charge in [0.1, 0.15) is 6.54 Å². The van der Waals surface area contributed by atoms with Crippen LogP contribution in [0.25, 0.3) is 0 Å². The molecule has 1 aliphatic rings. The molecule has 3 rings (SSSR count). The summed E-state index contributed by atoms with van der Waals surface area (Å²) in [6.07, 6.45) is 2.25. The van der Waals surface area contributed by atoms with Gasteiger partial charge in [-0.3, -0.25) is 24.1 Å². The number of carbonyl (C=O) groups is 4. The normalized spacial score (nSPS) is 13.2. The van der Waals surface area contributed by atoms with E-state index in [4.69, 9.17) is 5.73 Å². The van der Waals surface area contributed by atoms with Crippen molar-refractivity contribution in [3.8, 4) is 0 Å². The van der Waals surface area contributed by atoms with Gasteiger partial charge in [0.2, 0.25) is 11.8 Å². The molecule has 0 aromatic heterocycles. The molecule has 1 aliphatic heterocycles. The van der Waals surface area contributed by atoms with Crippen LogP contribution < -0.4 is 16.4 Å². The van der Waals surface area contributed by atoms with Crippen LogP contribution in [0.4, 0.5) is 22.7 Å². The van der Waals surface area contributed by atoms with Crippen molar-refractivity contribution in [2.75, 3.05) is 23.7 Å². The number of hydrogen-bond donors (Lipinski definition) is 3. The first-order valence-corrected chi connectivity index (χ1v) is 8.90. The number of nitrogens with zero attached hydrogens (tertiary/aromatic N) is 3. The van der Waals surface area contributed by atoms with Crippen LogP contribution in [-0.2, 0) is 19.2 Å². The number of hydrogen-bond acceptors (Lipinski definition) is 7. The van der Waals surface area contributed by atoms with Crippen LogP contribution in [0.2, 0.25) is 0 Å². The zero-order chi connectivity index (χ0) is 21.5. The second-order valence-corrected chi connectivity index (χ2v) is 6.19. The lowest BCUT2D eigenvalue weighted by Crippen LogP contribution is -2.37. The minimum atomic E-state index is -0.513. The van der Waals surface area contributed by atoms with Crippen molar-refractivity contribution in [1.82, 2.24) is 4.90 Å². The fraction of sp³-hybridized carbons (Fsp3) is 0.100. The van der Waals surface area contributed by atoms with E-state index in [-0.39, 0.29) is 19.0 Å². The Balaban J connectivity index is 1.54. The van der Waals surface area contributed by atoms with Gasteiger partial charge in [-0.1, -0.05) is 0 Å². The van der Waals surface area contributed by atoms with Gasteiger partial charge in [0, 0.05) is 23.5 Å². The van der Waals surface area contributed by atoms with Gasteiger partial charge in [0.25, 0.3) is 11.8 Å². The molecule has 10 nitrogen and oxygen atoms in total. The molecule has 30 heavy (non-hydrogen) atoms. The van der Waals surface area contributed by atoms with E-state index in [0.717, 1.165) is 17.1 Å². The van der Waals surface area contributed by atoms with Crippen LogP contribution in [0.15, 0.2) is 70.9 Å². The molecule has 0 unspecified atom stereocenters. The van der Waals surface area contributed by atoms with Crippen LogP contribution >= 0.6 is 0 Å². The van der Waals surface area contributed by atoms with Crippen molar-refractivity contribution < 1.29 is 19.2 Å². The summed E-state index contributed by atoms with van der Waals surface area (Å²) in [5, 5.41) is 13.4. The fourth-order valence-corrected chi connectivity index (χ4v) is 2.48. The smallest absolute Gasteiger partial charge is 0.254 e. The Morgan fingerprint density at radius 3 is 1.63 bits per heavy atom. The molecule has 2 aromatic carbocycles. The largest absolute Gasteiger partial charge is 0.325 e. The highest BCUT2D eigenvalue weighted by Crippen LogP contribution is 2.21. The van der Waals surface area contributed by atoms with Gasteiger partial charge >= 0.3 is 0 Å². The maximum Gasteiger partial charge on any atom is 0.254 e. The molecule has 1 heterocycles. The molecule has 0 saturated carbocycles. The van der Waals surface area contributed by atoms with E-state index in [2.05, 4.69) is 20.9 Å². The molecule has 0 aliphatic carbocycles. The van der Waals surface area contributed by atoms with Crippen molar-refractivity contribution in [1.29, 1.82) is 0 Å². The van der Waals surface area contributed by atoms with Gasteiger partial charge < -0.3 is 16.4 Å². The molecule has 0 spiro atoms. The molecular weight excluding hydrogens is 388 g/mol. The predicted molar refractivity (Wildman–Crippen MR) is 109 cm³/mol. The van der Waals surface area contributed by atoms with Gasteiger partial charge in [-0.25, -0.2) is 0 Å². The third-order valence-electron chi connectivity index (χ3n) is 3.97. The van der Waals surface area contributed by atoms with E-state index in [1.807, 2.05) is 0 Å². The van der Waals surface area contributed by atoms with Gasteiger partial charge in [-0.05, 0) is 48.5 Å². The number of nitrogens with two attached hydrogens (primary N) is 1. The Morgan fingerprint density at radius 2 is 1.20 bits per heavy atom. The van der Waals surface area contributed by atoms with Crippen LogP contribution in [-0.4, -0.2) is 41.6 Å². The number of rotatable bonds is 7. The summed E-state index contributed by atoms with van der Waals surface area (Å²) in [5.41, 5.74) is 7.49. The average molecular weight is 406 g/mol. The van der Waals surface area contributed by atoms with E-state index < -0.39 is 17.7 Å². The Morgan fingerprint density at radius 1 is 0.767 bits per heavy atom. The highest BCUT2D eigenvalue weighted by atomic mass is 16.2. The number of anilines is 2. The number of imide groups is 1. The van der Waals surface area contributed by atoms with Gasteiger partial charge in [-0.2, -0.15) is 10.2 Å². The highest BCUT2D eigenvalue weighted by Gasteiger charge is 2.25. The average Bonchev–Trinajstić information content (AvgIpc) is 3.06. The summed E-state index contributed by atoms with van der Waals surface area (Å²) in [6.45, 7) is -0.447. The molecule has 10 heteroatoms. The zero-order valence-electron chi connectivity index (χ0n) is 15.7. The third kappa shape index (κ3) is 5.42. The molecule has 0 saturated heterocycles. The highest BCUT2D eigenvalue weighted by molar-refractivity contribution is 6.15. The number of azo groups is 1. The van der Waals surface area contributed by atoms with Crippen molar-refractivity contribution in [2.45, 2.75) is 0 Å². The lowest BCUT2D eigenvalue weighted by molar-refractivity contribution is -0.139. The molecule has 4 N–H and O–H groups in total. The standard InChI is InChI=1S/C20H18N6O4/c21-11-17(27)22-13-1-5-15(6-2-13)24-25-16-7-3-14(4-8-16)23-18(28)12-26-19(29)9-10-20(26)30/h1-10H,11-12,21H2,(H,22,27)(H,23,28). The molecule has 152 valence electrons. The van der Waals surface area contributed by atoms with Crippen molar-refractivity contribution >= 4 is 46.4 Å². The van der Waals surface area contributed by atoms with Crippen LogP contribution in [0.3, 0.4) is 0 Å². The summed E-state index contributed by atoms with van der Waals surface area (Å²) in [6, 6.07) is 13.3. The summed E-state index contributed by atoms with van der Waals surface area (Å²) < 4.78 is 0. The van der Waals surface area contributed by atoms with Crippen LogP contribution in [0.5, 0.6) is 0 Å². The van der Waals surface area contributed by atoms with Crippen LogP contribution in [0.1, 0.15) is 0 Å². The number of nitrogens with one attached hydrogen (secondary N) is 2. The quantitative estimate of drug-likeness (QED) is 0.474. The summed E-state index contributed by atoms with van der Waals surface area (Å²) in [7, 11) is 0. The van der Waals surface area contributed by atoms with Gasteiger partial charge in [0.15, 0.2) is 0 Å². The van der Waals surface area contributed by atoms with E-state index in [1.54, 1.807) is 48.5 Å². The monoisotopic (exact) mass is 406 g/mol. The van der Waals surface area contributed by atoms with Crippen molar-refractivity contribution in [3.63, 3.8) is 0 Å². The summed E-state index contributed by atoms with van der Waals surface area (Å²) in [5.74, 6) is -1.80. The van der Waals surface area contributed by atoms with Gasteiger partial charge in [-0.15, -0.1) is 0 Å². The summed E-state index contributed by atoms with van der Waals surface area (Å²) in [4.78, 5) is 47.1. The second kappa shape index (κ2) is 9.34. The SMILES string of the molecule is NCC(=O)Nc1ccc(N=Nc2ccc(NC(=O)CN3C(=O)C=CC3=O)cc2)cc1. The van der Waals surface area contributed by atoms with Crippen LogP contribution in [0, 0.1) is 0 Å². The summed E-state index contributed by atoms with van der Waals surface area (Å²) >= 11 is 0. The second-order valence-electron chi connectivity index (χ2n) is 6.19. The Bertz CT molecular complexity index is 1010. The van der Waals surface area contributed by atoms with Crippen molar-refractivity contribution in [2.24, 2.45) is 16.0 Å². The molecule has 0 fully saturated rings. The zero-order valence-corrected chi connectivity index (χ0v) is 15.7. The van der Waals surface area contributed by atoms with Crippen molar-refractivity contribution in [3.05, 3.63) is 60.7 Å². The van der Waals surface area contributed by atoms with E-state index in [1.165, 1.54) is 0 Å². The first-order valence-electron chi connectivity index (χ1n) is 8.90. The van der Waals surface area contributed by atoms with E-state index in [9.17, 15) is 19.2 Å². The first-order chi connectivity index (χ1) is 14.4. The Hall–Kier alpha value is -4.18. The lowest BCUT2D eigenvalue weighted by atomic mass is 10.3. The van der Waals surface area contributed by atoms with E-state index in [0.29, 0.717) is 22.7 Å². The first kappa shape index (κ1) is 20.6. The lowest BCUT2D eigenvalue weighted by Gasteiger charge is -2.13. The molecule has 0 bridgehead atoms. The maximum absolute atomic E-state index is 12.0. The Labute approximate surface area is 171 Å². The maximum atomic E-state index is 12.0. The number of amides is 4. The van der Waals surface area contributed by atoms with E-state index >= 15 is 0 Å². The molecular formula is C20H18N6O4. The topological polar surface area (TPSA) is 146 Å². The molecule has 0 radical (unpaired) electrons. The Kier molecular flexibility index (Phi) is 6.40. The molecule has 2 aromatic rings. The molecule has 0 atom stereocenters.